The maximum absolute atomic E-state index is 14.2. The van der Waals surface area contributed by atoms with Crippen LogP contribution in [0.5, 0.6) is 0 Å². The number of H-pyrrole nitrogens is 1. The lowest BCUT2D eigenvalue weighted by atomic mass is 10.0. The van der Waals surface area contributed by atoms with Gasteiger partial charge in [0.1, 0.15) is 5.15 Å². The molecule has 2 aromatic rings. The Labute approximate surface area is 159 Å². The van der Waals surface area contributed by atoms with E-state index in [0.29, 0.717) is 12.1 Å². The fourth-order valence-corrected chi connectivity index (χ4v) is 5.03. The van der Waals surface area contributed by atoms with Crippen molar-refractivity contribution in [3.8, 4) is 0 Å². The third-order valence-corrected chi connectivity index (χ3v) is 6.06. The number of aromatic nitrogens is 2. The minimum Gasteiger partial charge on any atom is -0.320 e. The van der Waals surface area contributed by atoms with E-state index in [0.717, 1.165) is 6.20 Å². The van der Waals surface area contributed by atoms with Gasteiger partial charge in [-0.15, -0.1) is 0 Å². The molecule has 2 rings (SSSR count). The Morgan fingerprint density at radius 2 is 1.58 bits per heavy atom. The fraction of sp³-hybridized carbons (Fsp3) is 0.308. The SMILES string of the molecule is CC(F)(F)C(c1c(Cl)cc(C(F)(F)F)cc1Cl)S(=O)(=O)c1ncc(Cl)[nH]1. The van der Waals surface area contributed by atoms with Gasteiger partial charge in [0.2, 0.25) is 15.0 Å². The summed E-state index contributed by atoms with van der Waals surface area (Å²) in [6.45, 7) is 0.268. The van der Waals surface area contributed by atoms with Gasteiger partial charge < -0.3 is 4.98 Å². The van der Waals surface area contributed by atoms with Crippen molar-refractivity contribution in [2.45, 2.75) is 29.4 Å². The summed E-state index contributed by atoms with van der Waals surface area (Å²) in [5.74, 6) is -3.97. The molecule has 4 nitrogen and oxygen atoms in total. The Hall–Kier alpha value is -1.10. The minimum absolute atomic E-state index is 0.244. The molecule has 13 heteroatoms. The highest BCUT2D eigenvalue weighted by atomic mass is 35.5. The minimum atomic E-state index is -4.94. The van der Waals surface area contributed by atoms with E-state index in [-0.39, 0.29) is 12.1 Å². The van der Waals surface area contributed by atoms with Gasteiger partial charge in [0, 0.05) is 22.5 Å². The summed E-state index contributed by atoms with van der Waals surface area (Å²) in [6, 6.07) is 0.651. The summed E-state index contributed by atoms with van der Waals surface area (Å²) in [4.78, 5) is 5.47. The zero-order valence-electron chi connectivity index (χ0n) is 12.5. The zero-order chi connectivity index (χ0) is 20.1. The van der Waals surface area contributed by atoms with Crippen molar-refractivity contribution in [3.63, 3.8) is 0 Å². The molecule has 1 aromatic heterocycles. The van der Waals surface area contributed by atoms with E-state index in [2.05, 4.69) is 9.97 Å². The molecule has 1 N–H and O–H groups in total. The van der Waals surface area contributed by atoms with Crippen LogP contribution in [-0.2, 0) is 16.0 Å². The number of sulfone groups is 1. The lowest BCUT2D eigenvalue weighted by Gasteiger charge is -2.25. The molecule has 1 heterocycles. The summed E-state index contributed by atoms with van der Waals surface area (Å²) in [7, 11) is -4.94. The molecular formula is C13H8Cl3F5N2O2S. The van der Waals surface area contributed by atoms with E-state index in [1.165, 1.54) is 0 Å². The quantitative estimate of drug-likeness (QED) is 0.612. The van der Waals surface area contributed by atoms with Crippen molar-refractivity contribution in [3.05, 3.63) is 44.7 Å². The summed E-state index contributed by atoms with van der Waals surface area (Å²) >= 11 is 16.9. The van der Waals surface area contributed by atoms with Gasteiger partial charge in [0.05, 0.1) is 11.8 Å². The van der Waals surface area contributed by atoms with Crippen molar-refractivity contribution in [2.75, 3.05) is 0 Å². The van der Waals surface area contributed by atoms with Crippen LogP contribution in [0.1, 0.15) is 23.3 Å². The number of hydrogen-bond acceptors (Lipinski definition) is 3. The van der Waals surface area contributed by atoms with E-state index in [9.17, 15) is 30.4 Å². The highest BCUT2D eigenvalue weighted by Gasteiger charge is 2.49. The second-order valence-electron chi connectivity index (χ2n) is 5.27. The molecule has 1 unspecified atom stereocenters. The lowest BCUT2D eigenvalue weighted by molar-refractivity contribution is -0.137. The predicted molar refractivity (Wildman–Crippen MR) is 85.6 cm³/mol. The molecule has 0 bridgehead atoms. The standard InChI is InChI=1S/C13H8Cl3F5N2O2S/c1-12(17,18)10(26(24,25)11-22-4-8(16)23-11)9-6(14)2-5(3-7(9)15)13(19,20)21/h2-4,10H,1H3,(H,22,23). The third-order valence-electron chi connectivity index (χ3n) is 3.23. The summed E-state index contributed by atoms with van der Waals surface area (Å²) in [5.41, 5.74) is -2.19. The second kappa shape index (κ2) is 6.81. The molecule has 0 saturated carbocycles. The van der Waals surface area contributed by atoms with Crippen LogP contribution in [0.4, 0.5) is 22.0 Å². The number of hydrogen-bond donors (Lipinski definition) is 1. The molecule has 0 radical (unpaired) electrons. The van der Waals surface area contributed by atoms with Gasteiger partial charge in [-0.05, 0) is 12.1 Å². The van der Waals surface area contributed by atoms with E-state index < -0.39 is 53.5 Å². The van der Waals surface area contributed by atoms with Crippen LogP contribution in [0.3, 0.4) is 0 Å². The molecule has 1 atom stereocenters. The number of benzene rings is 1. The Morgan fingerprint density at radius 3 is 1.92 bits per heavy atom. The van der Waals surface area contributed by atoms with E-state index in [1.807, 2.05) is 0 Å². The molecule has 0 aliphatic heterocycles. The van der Waals surface area contributed by atoms with Crippen LogP contribution in [-0.4, -0.2) is 24.3 Å². The third kappa shape index (κ3) is 4.08. The van der Waals surface area contributed by atoms with Crippen LogP contribution in [0.15, 0.2) is 23.5 Å². The van der Waals surface area contributed by atoms with Gasteiger partial charge in [0.15, 0.2) is 5.25 Å². The first-order chi connectivity index (χ1) is 11.7. The summed E-state index contributed by atoms with van der Waals surface area (Å²) < 4.78 is 91.9. The first-order valence-electron chi connectivity index (χ1n) is 6.54. The van der Waals surface area contributed by atoms with Crippen molar-refractivity contribution >= 4 is 44.6 Å². The topological polar surface area (TPSA) is 62.8 Å². The van der Waals surface area contributed by atoms with Crippen molar-refractivity contribution in [1.29, 1.82) is 0 Å². The summed E-state index contributed by atoms with van der Waals surface area (Å²) in [5, 5.41) is -5.60. The molecule has 0 aliphatic rings. The van der Waals surface area contributed by atoms with Crippen LogP contribution < -0.4 is 0 Å². The Morgan fingerprint density at radius 1 is 1.08 bits per heavy atom. The van der Waals surface area contributed by atoms with Crippen molar-refractivity contribution < 1.29 is 30.4 Å². The van der Waals surface area contributed by atoms with Gasteiger partial charge >= 0.3 is 6.18 Å². The normalized spacial score (nSPS) is 14.5. The number of aromatic amines is 1. The smallest absolute Gasteiger partial charge is 0.320 e. The number of halogens is 8. The van der Waals surface area contributed by atoms with Crippen LogP contribution in [0, 0.1) is 0 Å². The average Bonchev–Trinajstić information content (AvgIpc) is 2.87. The number of nitrogens with zero attached hydrogens (tertiary/aromatic N) is 1. The van der Waals surface area contributed by atoms with Crippen LogP contribution in [0.2, 0.25) is 15.2 Å². The van der Waals surface area contributed by atoms with Gasteiger partial charge in [-0.1, -0.05) is 34.8 Å². The molecule has 26 heavy (non-hydrogen) atoms. The number of nitrogens with one attached hydrogen (secondary N) is 1. The zero-order valence-corrected chi connectivity index (χ0v) is 15.6. The Balaban J connectivity index is 2.75. The number of imidazole rings is 1. The first-order valence-corrected chi connectivity index (χ1v) is 9.22. The van der Waals surface area contributed by atoms with Gasteiger partial charge in [-0.3, -0.25) is 0 Å². The Kier molecular flexibility index (Phi) is 5.55. The molecule has 0 fully saturated rings. The summed E-state index contributed by atoms with van der Waals surface area (Å²) in [6.07, 6.45) is -3.99. The van der Waals surface area contributed by atoms with E-state index in [1.54, 1.807) is 0 Å². The first kappa shape index (κ1) is 21.2. The van der Waals surface area contributed by atoms with Gasteiger partial charge in [-0.25, -0.2) is 22.2 Å². The molecule has 0 amide bonds. The highest BCUT2D eigenvalue weighted by molar-refractivity contribution is 7.91. The van der Waals surface area contributed by atoms with Gasteiger partial charge in [0.25, 0.3) is 5.92 Å². The maximum Gasteiger partial charge on any atom is 0.416 e. The van der Waals surface area contributed by atoms with Crippen molar-refractivity contribution in [1.82, 2.24) is 9.97 Å². The number of rotatable bonds is 4. The molecule has 1 aromatic carbocycles. The average molecular weight is 458 g/mol. The highest BCUT2D eigenvalue weighted by Crippen LogP contribution is 2.47. The Bertz CT molecular complexity index is 915. The van der Waals surface area contributed by atoms with E-state index >= 15 is 0 Å². The van der Waals surface area contributed by atoms with E-state index in [4.69, 9.17) is 34.8 Å². The predicted octanol–water partition coefficient (Wildman–Crippen LogP) is 5.56. The molecule has 0 aliphatic carbocycles. The molecular weight excluding hydrogens is 450 g/mol. The van der Waals surface area contributed by atoms with Crippen molar-refractivity contribution in [2.24, 2.45) is 0 Å². The second-order valence-corrected chi connectivity index (χ2v) is 8.44. The molecule has 0 spiro atoms. The number of alkyl halides is 5. The van der Waals surface area contributed by atoms with Crippen LogP contribution >= 0.6 is 34.8 Å². The van der Waals surface area contributed by atoms with Crippen LogP contribution in [0.25, 0.3) is 0 Å². The largest absolute Gasteiger partial charge is 0.416 e. The molecule has 0 saturated heterocycles. The fourth-order valence-electron chi connectivity index (χ4n) is 2.22. The monoisotopic (exact) mass is 456 g/mol. The maximum atomic E-state index is 14.2. The lowest BCUT2D eigenvalue weighted by Crippen LogP contribution is -2.31. The van der Waals surface area contributed by atoms with Gasteiger partial charge in [-0.2, -0.15) is 13.2 Å². The molecule has 144 valence electrons.